The van der Waals surface area contributed by atoms with E-state index in [0.29, 0.717) is 0 Å². The molecule has 0 aliphatic carbocycles. The lowest BCUT2D eigenvalue weighted by atomic mass is 10.0. The fraction of sp³-hybridized carbons (Fsp3) is 0.217. The molecule has 2 heteroatoms. The number of unbranched alkanes of at least 4 members (excludes halogenated alkanes) is 1. The number of aromatic nitrogens is 1. The molecule has 5 rings (SSSR count). The van der Waals surface area contributed by atoms with Crippen LogP contribution in [0.2, 0.25) is 0 Å². The van der Waals surface area contributed by atoms with Crippen molar-refractivity contribution in [2.75, 3.05) is 0 Å². The highest BCUT2D eigenvalue weighted by Crippen LogP contribution is 2.39. The van der Waals surface area contributed by atoms with Crippen molar-refractivity contribution in [1.82, 2.24) is 4.57 Å². The minimum Gasteiger partial charge on any atom is -0.344 e. The summed E-state index contributed by atoms with van der Waals surface area (Å²) in [6.07, 6.45) is 3.71. The minimum absolute atomic E-state index is 1.19. The molecule has 124 valence electrons. The molecule has 0 atom stereocenters. The van der Waals surface area contributed by atoms with Crippen molar-refractivity contribution in [3.8, 4) is 0 Å². The van der Waals surface area contributed by atoms with Gasteiger partial charge in [-0.3, -0.25) is 0 Å². The predicted molar refractivity (Wildman–Crippen MR) is 112 cm³/mol. The Morgan fingerprint density at radius 2 is 1.64 bits per heavy atom. The molecule has 1 nitrogen and oxygen atoms in total. The van der Waals surface area contributed by atoms with Crippen molar-refractivity contribution < 1.29 is 0 Å². The molecule has 0 radical (unpaired) electrons. The Balaban J connectivity index is 1.80. The van der Waals surface area contributed by atoms with Crippen LogP contribution < -0.4 is 0 Å². The summed E-state index contributed by atoms with van der Waals surface area (Å²) in [6, 6.07) is 20.5. The lowest BCUT2D eigenvalue weighted by Crippen LogP contribution is -1.85. The summed E-state index contributed by atoms with van der Waals surface area (Å²) in [5, 5.41) is 5.50. The highest BCUT2D eigenvalue weighted by Gasteiger charge is 2.12. The number of thiophene rings is 1. The normalized spacial score (nSPS) is 12.1. The number of rotatable bonds is 3. The molecule has 0 aliphatic rings. The first-order valence-electron chi connectivity index (χ1n) is 9.08. The van der Waals surface area contributed by atoms with Gasteiger partial charge in [-0.15, -0.1) is 11.3 Å². The molecule has 0 unspecified atom stereocenters. The van der Waals surface area contributed by atoms with Gasteiger partial charge in [-0.25, -0.2) is 0 Å². The van der Waals surface area contributed by atoms with Crippen LogP contribution in [0, 0.1) is 0 Å². The first-order valence-corrected chi connectivity index (χ1v) is 9.90. The van der Waals surface area contributed by atoms with E-state index in [-0.39, 0.29) is 0 Å². The van der Waals surface area contributed by atoms with Crippen LogP contribution in [0.15, 0.2) is 54.6 Å². The minimum atomic E-state index is 1.19. The van der Waals surface area contributed by atoms with Crippen LogP contribution in [0.4, 0.5) is 0 Å². The van der Waals surface area contributed by atoms with Crippen LogP contribution in [0.3, 0.4) is 0 Å². The quantitative estimate of drug-likeness (QED) is 0.331. The standard InChI is InChI=1S/C23H21NS/c1-3-4-7-15-10-11-17-19-13-21-18(14-23(19)25-22(17)12-15)16-8-5-6-9-20(16)24(21)2/h5-6,8-14H,3-4,7H2,1-2H3. The van der Waals surface area contributed by atoms with E-state index < -0.39 is 0 Å². The van der Waals surface area contributed by atoms with E-state index in [1.165, 1.54) is 66.8 Å². The molecule has 0 N–H and O–H groups in total. The Hall–Kier alpha value is -2.32. The van der Waals surface area contributed by atoms with Crippen molar-refractivity contribution in [2.24, 2.45) is 7.05 Å². The topological polar surface area (TPSA) is 4.93 Å². The van der Waals surface area contributed by atoms with Crippen LogP contribution in [-0.2, 0) is 13.5 Å². The second-order valence-corrected chi connectivity index (χ2v) is 8.06. The fourth-order valence-electron chi connectivity index (χ4n) is 4.01. The van der Waals surface area contributed by atoms with Crippen LogP contribution in [-0.4, -0.2) is 4.57 Å². The molecule has 0 fully saturated rings. The first-order chi connectivity index (χ1) is 12.3. The number of hydrogen-bond donors (Lipinski definition) is 0. The molecular formula is C23H21NS. The van der Waals surface area contributed by atoms with Gasteiger partial charge >= 0.3 is 0 Å². The van der Waals surface area contributed by atoms with Crippen molar-refractivity contribution in [3.05, 3.63) is 60.2 Å². The van der Waals surface area contributed by atoms with Crippen LogP contribution in [0.1, 0.15) is 25.3 Å². The molecule has 0 aliphatic heterocycles. The molecule has 5 aromatic rings. The average molecular weight is 343 g/mol. The Labute approximate surface area is 151 Å². The number of fused-ring (bicyclic) bond motifs is 6. The summed E-state index contributed by atoms with van der Waals surface area (Å²) in [5.41, 5.74) is 4.10. The summed E-state index contributed by atoms with van der Waals surface area (Å²) in [5.74, 6) is 0. The van der Waals surface area contributed by atoms with Crippen molar-refractivity contribution in [1.29, 1.82) is 0 Å². The third-order valence-electron chi connectivity index (χ3n) is 5.39. The summed E-state index contributed by atoms with van der Waals surface area (Å²) in [4.78, 5) is 0. The van der Waals surface area contributed by atoms with Crippen molar-refractivity contribution in [3.63, 3.8) is 0 Å². The van der Waals surface area contributed by atoms with Crippen LogP contribution >= 0.6 is 11.3 Å². The summed E-state index contributed by atoms with van der Waals surface area (Å²) in [7, 11) is 2.17. The van der Waals surface area contributed by atoms with Gasteiger partial charge in [0, 0.05) is 49.0 Å². The van der Waals surface area contributed by atoms with Gasteiger partial charge in [0.1, 0.15) is 0 Å². The second kappa shape index (κ2) is 5.60. The first kappa shape index (κ1) is 15.0. The molecule has 0 saturated carbocycles. The number of hydrogen-bond acceptors (Lipinski definition) is 1. The molecular weight excluding hydrogens is 322 g/mol. The van der Waals surface area contributed by atoms with E-state index in [1.54, 1.807) is 0 Å². The summed E-state index contributed by atoms with van der Waals surface area (Å²) < 4.78 is 5.14. The van der Waals surface area contributed by atoms with E-state index in [4.69, 9.17) is 0 Å². The molecule has 3 aromatic carbocycles. The second-order valence-electron chi connectivity index (χ2n) is 6.98. The Kier molecular flexibility index (Phi) is 3.36. The van der Waals surface area contributed by atoms with Crippen LogP contribution in [0.25, 0.3) is 42.0 Å². The molecule has 2 aromatic heterocycles. The van der Waals surface area contributed by atoms with Gasteiger partial charge in [0.2, 0.25) is 0 Å². The van der Waals surface area contributed by atoms with Crippen LogP contribution in [0.5, 0.6) is 0 Å². The monoisotopic (exact) mass is 343 g/mol. The van der Waals surface area contributed by atoms with Crippen molar-refractivity contribution in [2.45, 2.75) is 26.2 Å². The number of benzene rings is 3. The largest absolute Gasteiger partial charge is 0.344 e. The number of aryl methyl sites for hydroxylation is 2. The van der Waals surface area contributed by atoms with Gasteiger partial charge in [-0.2, -0.15) is 0 Å². The van der Waals surface area contributed by atoms with Gasteiger partial charge in [0.25, 0.3) is 0 Å². The molecule has 2 heterocycles. The average Bonchev–Trinajstić information content (AvgIpc) is 3.14. The predicted octanol–water partition coefficient (Wildman–Crippen LogP) is 7.04. The van der Waals surface area contributed by atoms with Gasteiger partial charge < -0.3 is 4.57 Å². The van der Waals surface area contributed by atoms with E-state index in [0.717, 1.165) is 0 Å². The number of nitrogens with zero attached hydrogens (tertiary/aromatic N) is 1. The van der Waals surface area contributed by atoms with Gasteiger partial charge in [-0.05, 0) is 42.7 Å². The van der Waals surface area contributed by atoms with Crippen molar-refractivity contribution >= 4 is 53.3 Å². The molecule has 25 heavy (non-hydrogen) atoms. The van der Waals surface area contributed by atoms with Gasteiger partial charge in [-0.1, -0.05) is 43.7 Å². The maximum absolute atomic E-state index is 2.40. The Morgan fingerprint density at radius 1 is 0.800 bits per heavy atom. The highest BCUT2D eigenvalue weighted by atomic mass is 32.1. The lowest BCUT2D eigenvalue weighted by Gasteiger charge is -2.00. The smallest absolute Gasteiger partial charge is 0.0495 e. The van der Waals surface area contributed by atoms with E-state index >= 15 is 0 Å². The summed E-state index contributed by atoms with van der Waals surface area (Å²) in [6.45, 7) is 2.26. The molecule has 0 spiro atoms. The third kappa shape index (κ3) is 2.21. The fourth-order valence-corrected chi connectivity index (χ4v) is 5.20. The zero-order chi connectivity index (χ0) is 17.0. The van der Waals surface area contributed by atoms with Gasteiger partial charge in [0.05, 0.1) is 0 Å². The summed E-state index contributed by atoms with van der Waals surface area (Å²) >= 11 is 1.93. The maximum Gasteiger partial charge on any atom is 0.0495 e. The van der Waals surface area contributed by atoms with Gasteiger partial charge in [0.15, 0.2) is 0 Å². The zero-order valence-corrected chi connectivity index (χ0v) is 15.5. The maximum atomic E-state index is 2.40. The third-order valence-corrected chi connectivity index (χ3v) is 6.51. The SMILES string of the molecule is CCCCc1ccc2c(c1)sc1cc3c4ccccc4n(C)c3cc12. The number of para-hydroxylation sites is 1. The van der Waals surface area contributed by atoms with E-state index in [2.05, 4.69) is 73.1 Å². The Morgan fingerprint density at radius 3 is 2.52 bits per heavy atom. The Bertz CT molecular complexity index is 1240. The van der Waals surface area contributed by atoms with E-state index in [1.807, 2.05) is 11.3 Å². The molecule has 0 amide bonds. The lowest BCUT2D eigenvalue weighted by molar-refractivity contribution is 0.796. The van der Waals surface area contributed by atoms with E-state index in [9.17, 15) is 0 Å². The molecule has 0 saturated heterocycles. The molecule has 0 bridgehead atoms. The zero-order valence-electron chi connectivity index (χ0n) is 14.7. The highest BCUT2D eigenvalue weighted by molar-refractivity contribution is 7.25.